The van der Waals surface area contributed by atoms with Gasteiger partial charge in [0.2, 0.25) is 0 Å². The molecular weight excluding hydrogens is 308 g/mol. The molecule has 7 nitrogen and oxygen atoms in total. The monoisotopic (exact) mass is 332 g/mol. The fourth-order valence-corrected chi connectivity index (χ4v) is 2.77. The first-order chi connectivity index (χ1) is 11.3. The van der Waals surface area contributed by atoms with E-state index < -0.39 is 5.60 Å². The molecule has 1 N–H and O–H groups in total. The van der Waals surface area contributed by atoms with Crippen LogP contribution in [0.3, 0.4) is 0 Å². The van der Waals surface area contributed by atoms with Crippen LogP contribution >= 0.6 is 0 Å². The van der Waals surface area contributed by atoms with E-state index in [1.54, 1.807) is 11.0 Å². The molecule has 0 unspecified atom stereocenters. The van der Waals surface area contributed by atoms with Gasteiger partial charge in [-0.05, 0) is 45.7 Å². The third kappa shape index (κ3) is 4.51. The molecule has 0 spiro atoms. The third-order valence-electron chi connectivity index (χ3n) is 3.85. The maximum absolute atomic E-state index is 12.1. The zero-order chi connectivity index (χ0) is 17.7. The van der Waals surface area contributed by atoms with Crippen molar-refractivity contribution in [3.8, 4) is 6.07 Å². The Bertz CT molecular complexity index is 631. The number of piperidine rings is 1. The van der Waals surface area contributed by atoms with Crippen molar-refractivity contribution in [2.45, 2.75) is 45.3 Å². The number of nitrogens with zero attached hydrogens (tertiary/aromatic N) is 3. The van der Waals surface area contributed by atoms with Crippen LogP contribution < -0.4 is 5.32 Å². The van der Waals surface area contributed by atoms with E-state index in [0.717, 1.165) is 12.8 Å². The van der Waals surface area contributed by atoms with Crippen LogP contribution in [0, 0.1) is 11.3 Å². The normalized spacial score (nSPS) is 15.7. The zero-order valence-electron chi connectivity index (χ0n) is 14.4. The summed E-state index contributed by atoms with van der Waals surface area (Å²) in [5, 5.41) is 11.1. The van der Waals surface area contributed by atoms with Crippen LogP contribution in [-0.2, 0) is 4.74 Å². The summed E-state index contributed by atoms with van der Waals surface area (Å²) in [6.45, 7) is 6.73. The van der Waals surface area contributed by atoms with E-state index in [1.165, 1.54) is 0 Å². The number of ether oxygens (including phenoxy) is 1. The molecule has 1 aliphatic rings. The second kappa shape index (κ2) is 7.39. The zero-order valence-corrected chi connectivity index (χ0v) is 14.4. The van der Waals surface area contributed by atoms with Gasteiger partial charge in [-0.25, -0.2) is 4.79 Å². The van der Waals surface area contributed by atoms with Crippen molar-refractivity contribution >= 4 is 12.0 Å². The molecule has 1 fully saturated rings. The van der Waals surface area contributed by atoms with E-state index in [0.29, 0.717) is 18.8 Å². The van der Waals surface area contributed by atoms with Gasteiger partial charge in [-0.1, -0.05) is 0 Å². The minimum Gasteiger partial charge on any atom is -0.444 e. The lowest BCUT2D eigenvalue weighted by Crippen LogP contribution is -2.42. The molecule has 1 aromatic heterocycles. The quantitative estimate of drug-likeness (QED) is 0.861. The van der Waals surface area contributed by atoms with Gasteiger partial charge >= 0.3 is 6.09 Å². The highest BCUT2D eigenvalue weighted by Crippen LogP contribution is 2.25. The average Bonchev–Trinajstić information content (AvgIpc) is 3.00. The van der Waals surface area contributed by atoms with Gasteiger partial charge < -0.3 is 19.5 Å². The molecule has 2 amide bonds. The highest BCUT2D eigenvalue weighted by atomic mass is 16.6. The van der Waals surface area contributed by atoms with Crippen LogP contribution in [0.2, 0.25) is 0 Å². The first-order valence-corrected chi connectivity index (χ1v) is 8.12. The van der Waals surface area contributed by atoms with E-state index in [1.807, 2.05) is 43.7 Å². The predicted molar refractivity (Wildman–Crippen MR) is 88.5 cm³/mol. The third-order valence-corrected chi connectivity index (χ3v) is 3.85. The Balaban J connectivity index is 1.96. The molecule has 2 rings (SSSR count). The summed E-state index contributed by atoms with van der Waals surface area (Å²) in [5.74, 6) is -0.254. The molecule has 1 saturated heterocycles. The van der Waals surface area contributed by atoms with Gasteiger partial charge in [-0.3, -0.25) is 4.79 Å². The van der Waals surface area contributed by atoms with E-state index in [4.69, 9.17) is 10.00 Å². The summed E-state index contributed by atoms with van der Waals surface area (Å²) in [6.07, 6.45) is 3.09. The molecule has 0 saturated carbocycles. The number of rotatable bonds is 3. The van der Waals surface area contributed by atoms with Gasteiger partial charge in [0.05, 0.1) is 6.07 Å². The number of aromatic nitrogens is 1. The van der Waals surface area contributed by atoms with E-state index in [9.17, 15) is 9.59 Å². The van der Waals surface area contributed by atoms with Crippen molar-refractivity contribution in [2.24, 2.45) is 0 Å². The fourth-order valence-electron chi connectivity index (χ4n) is 2.77. The second-order valence-corrected chi connectivity index (χ2v) is 6.84. The van der Waals surface area contributed by atoms with Crippen LogP contribution in [0.25, 0.3) is 0 Å². The predicted octanol–water partition coefficient (Wildman–Crippen LogP) is 2.31. The highest BCUT2D eigenvalue weighted by molar-refractivity contribution is 5.92. The summed E-state index contributed by atoms with van der Waals surface area (Å²) in [6, 6.07) is 5.62. The standard InChI is InChI=1S/C17H24N4O3/c1-17(2,3)24-16(23)20-11-6-13(7-12-20)21-10-4-5-14(21)15(22)19-9-8-18/h4-5,10,13H,6-7,9,11-12H2,1-3H3,(H,19,22). The smallest absolute Gasteiger partial charge is 0.410 e. The topological polar surface area (TPSA) is 87.4 Å². The first-order valence-electron chi connectivity index (χ1n) is 8.12. The molecule has 0 aromatic carbocycles. The molecule has 1 aliphatic heterocycles. The lowest BCUT2D eigenvalue weighted by Gasteiger charge is -2.34. The van der Waals surface area contributed by atoms with Crippen molar-refractivity contribution in [3.05, 3.63) is 24.0 Å². The number of nitriles is 1. The van der Waals surface area contributed by atoms with Crippen molar-refractivity contribution in [3.63, 3.8) is 0 Å². The summed E-state index contributed by atoms with van der Waals surface area (Å²) >= 11 is 0. The molecule has 0 bridgehead atoms. The minimum absolute atomic E-state index is 0.0128. The van der Waals surface area contributed by atoms with Gasteiger partial charge in [0.1, 0.15) is 17.8 Å². The fraction of sp³-hybridized carbons (Fsp3) is 0.588. The van der Waals surface area contributed by atoms with Crippen LogP contribution in [0.5, 0.6) is 0 Å². The molecule has 1 aromatic rings. The van der Waals surface area contributed by atoms with Crippen molar-refractivity contribution in [1.29, 1.82) is 5.26 Å². The maximum atomic E-state index is 12.1. The maximum Gasteiger partial charge on any atom is 0.410 e. The van der Waals surface area contributed by atoms with Crippen molar-refractivity contribution < 1.29 is 14.3 Å². The second-order valence-electron chi connectivity index (χ2n) is 6.84. The molecule has 0 atom stereocenters. The molecule has 0 aliphatic carbocycles. The molecule has 2 heterocycles. The number of carbonyl (C=O) groups is 2. The Kier molecular flexibility index (Phi) is 5.50. The number of amides is 2. The summed E-state index contributed by atoms with van der Waals surface area (Å²) < 4.78 is 7.32. The van der Waals surface area contributed by atoms with Gasteiger partial charge in [-0.15, -0.1) is 0 Å². The molecular formula is C17H24N4O3. The van der Waals surface area contributed by atoms with Crippen LogP contribution in [-0.4, -0.2) is 46.7 Å². The SMILES string of the molecule is CC(C)(C)OC(=O)N1CCC(n2cccc2C(=O)NCC#N)CC1. The van der Waals surface area contributed by atoms with E-state index in [-0.39, 0.29) is 24.6 Å². The number of carbonyl (C=O) groups excluding carboxylic acids is 2. The molecule has 130 valence electrons. The lowest BCUT2D eigenvalue weighted by atomic mass is 10.0. The largest absolute Gasteiger partial charge is 0.444 e. The van der Waals surface area contributed by atoms with Gasteiger partial charge in [0, 0.05) is 25.3 Å². The van der Waals surface area contributed by atoms with Gasteiger partial charge in [0.25, 0.3) is 5.91 Å². The van der Waals surface area contributed by atoms with Crippen LogP contribution in [0.15, 0.2) is 18.3 Å². The first kappa shape index (κ1) is 17.9. The van der Waals surface area contributed by atoms with Crippen LogP contribution in [0.4, 0.5) is 4.79 Å². The number of nitrogens with one attached hydrogen (secondary N) is 1. The number of hydrogen-bond donors (Lipinski definition) is 1. The van der Waals surface area contributed by atoms with E-state index >= 15 is 0 Å². The van der Waals surface area contributed by atoms with Crippen molar-refractivity contribution in [1.82, 2.24) is 14.8 Å². The Morgan fingerprint density at radius 3 is 2.62 bits per heavy atom. The summed E-state index contributed by atoms with van der Waals surface area (Å²) in [5.41, 5.74) is 0.0429. The van der Waals surface area contributed by atoms with Gasteiger partial charge in [0.15, 0.2) is 0 Å². The molecule has 24 heavy (non-hydrogen) atoms. The van der Waals surface area contributed by atoms with E-state index in [2.05, 4.69) is 5.32 Å². The van der Waals surface area contributed by atoms with Crippen LogP contribution in [0.1, 0.15) is 50.1 Å². The lowest BCUT2D eigenvalue weighted by molar-refractivity contribution is 0.0187. The highest BCUT2D eigenvalue weighted by Gasteiger charge is 2.28. The summed E-state index contributed by atoms with van der Waals surface area (Å²) in [4.78, 5) is 25.9. The molecule has 0 radical (unpaired) electrons. The Morgan fingerprint density at radius 1 is 1.38 bits per heavy atom. The average molecular weight is 332 g/mol. The van der Waals surface area contributed by atoms with Crippen molar-refractivity contribution in [2.75, 3.05) is 19.6 Å². The summed E-state index contributed by atoms with van der Waals surface area (Å²) in [7, 11) is 0. The Morgan fingerprint density at radius 2 is 2.04 bits per heavy atom. The minimum atomic E-state index is -0.500. The number of likely N-dealkylation sites (tertiary alicyclic amines) is 1. The Labute approximate surface area is 142 Å². The van der Waals surface area contributed by atoms with Gasteiger partial charge in [-0.2, -0.15) is 5.26 Å². The number of hydrogen-bond acceptors (Lipinski definition) is 4. The molecule has 7 heteroatoms. The Hall–Kier alpha value is -2.49.